The maximum Gasteiger partial charge on any atom is 0.231 e. The second-order valence-electron chi connectivity index (χ2n) is 7.25. The maximum absolute atomic E-state index is 12.6. The molecule has 0 saturated carbocycles. The first-order valence-corrected chi connectivity index (χ1v) is 10.5. The van der Waals surface area contributed by atoms with Crippen molar-refractivity contribution in [2.24, 2.45) is 5.92 Å². The van der Waals surface area contributed by atoms with E-state index in [1.54, 1.807) is 4.90 Å². The molecular formula is C22H22N4O2S. The number of nitrogens with one attached hydrogen (secondary N) is 1. The lowest BCUT2D eigenvalue weighted by molar-refractivity contribution is -0.122. The number of hydrogen-bond acceptors (Lipinski definition) is 5. The van der Waals surface area contributed by atoms with Crippen LogP contribution in [0.4, 0.5) is 10.8 Å². The number of para-hydroxylation sites is 1. The maximum atomic E-state index is 12.6. The molecule has 0 aliphatic carbocycles. The third-order valence-electron chi connectivity index (χ3n) is 5.11. The molecule has 1 fully saturated rings. The Morgan fingerprint density at radius 1 is 1.14 bits per heavy atom. The molecule has 1 aliphatic heterocycles. The summed E-state index contributed by atoms with van der Waals surface area (Å²) in [5.41, 5.74) is 2.07. The second-order valence-corrected chi connectivity index (χ2v) is 8.31. The van der Waals surface area contributed by atoms with E-state index < -0.39 is 5.92 Å². The number of carbonyl (C=O) groups is 2. The van der Waals surface area contributed by atoms with Gasteiger partial charge in [-0.2, -0.15) is 0 Å². The molecule has 1 aliphatic rings. The van der Waals surface area contributed by atoms with Gasteiger partial charge in [-0.15, -0.1) is 10.2 Å². The monoisotopic (exact) mass is 406 g/mol. The standard InChI is InChI=1S/C22H22N4O2S/c1-15(16-8-4-2-5-9-16)12-19-24-25-22(29-19)23-21(28)17-13-20(27)26(14-17)18-10-6-3-7-11-18/h2-11,15,17H,12-14H2,1H3,(H,23,25,28)/t15-,17+/m0/s1. The van der Waals surface area contributed by atoms with Crippen LogP contribution in [0.2, 0.25) is 0 Å². The summed E-state index contributed by atoms with van der Waals surface area (Å²) in [6.07, 6.45) is 0.971. The van der Waals surface area contributed by atoms with Gasteiger partial charge in [0.1, 0.15) is 5.01 Å². The zero-order chi connectivity index (χ0) is 20.2. The average Bonchev–Trinajstić information content (AvgIpc) is 3.35. The first kappa shape index (κ1) is 19.3. The van der Waals surface area contributed by atoms with E-state index in [0.29, 0.717) is 17.6 Å². The van der Waals surface area contributed by atoms with Crippen molar-refractivity contribution in [1.82, 2.24) is 10.2 Å². The van der Waals surface area contributed by atoms with Crippen LogP contribution in [0.3, 0.4) is 0 Å². The Morgan fingerprint density at radius 2 is 1.83 bits per heavy atom. The summed E-state index contributed by atoms with van der Waals surface area (Å²) in [6, 6.07) is 19.7. The third kappa shape index (κ3) is 4.51. The van der Waals surface area contributed by atoms with E-state index in [2.05, 4.69) is 34.6 Å². The van der Waals surface area contributed by atoms with Gasteiger partial charge in [0.15, 0.2) is 0 Å². The SMILES string of the molecule is C[C@@H](Cc1nnc(NC(=O)[C@@H]2CC(=O)N(c3ccccc3)C2)s1)c1ccccc1. The summed E-state index contributed by atoms with van der Waals surface area (Å²) in [5, 5.41) is 12.5. The van der Waals surface area contributed by atoms with Crippen molar-refractivity contribution in [3.63, 3.8) is 0 Å². The number of anilines is 2. The molecule has 1 aromatic heterocycles. The molecule has 148 valence electrons. The van der Waals surface area contributed by atoms with Crippen LogP contribution in [0.25, 0.3) is 0 Å². The van der Waals surface area contributed by atoms with Crippen LogP contribution in [0.15, 0.2) is 60.7 Å². The smallest absolute Gasteiger partial charge is 0.231 e. The van der Waals surface area contributed by atoms with E-state index in [0.717, 1.165) is 17.1 Å². The summed E-state index contributed by atoms with van der Waals surface area (Å²) >= 11 is 1.39. The van der Waals surface area contributed by atoms with Crippen LogP contribution >= 0.6 is 11.3 Å². The molecule has 1 saturated heterocycles. The summed E-state index contributed by atoms with van der Waals surface area (Å²) in [5.74, 6) is -0.292. The van der Waals surface area contributed by atoms with E-state index in [-0.39, 0.29) is 18.2 Å². The Hall–Kier alpha value is -3.06. The molecule has 2 atom stereocenters. The van der Waals surface area contributed by atoms with Crippen LogP contribution in [-0.4, -0.2) is 28.6 Å². The lowest BCUT2D eigenvalue weighted by Crippen LogP contribution is -2.28. The lowest BCUT2D eigenvalue weighted by atomic mass is 9.98. The van der Waals surface area contributed by atoms with Crippen molar-refractivity contribution in [3.8, 4) is 0 Å². The minimum atomic E-state index is -0.390. The highest BCUT2D eigenvalue weighted by Crippen LogP contribution is 2.27. The Morgan fingerprint density at radius 3 is 2.55 bits per heavy atom. The zero-order valence-corrected chi connectivity index (χ0v) is 16.9. The molecule has 2 amide bonds. The molecule has 1 N–H and O–H groups in total. The van der Waals surface area contributed by atoms with Crippen LogP contribution in [-0.2, 0) is 16.0 Å². The molecule has 2 heterocycles. The number of rotatable bonds is 6. The van der Waals surface area contributed by atoms with Gasteiger partial charge in [0.05, 0.1) is 5.92 Å². The highest BCUT2D eigenvalue weighted by atomic mass is 32.1. The van der Waals surface area contributed by atoms with Gasteiger partial charge in [-0.05, 0) is 23.6 Å². The van der Waals surface area contributed by atoms with Gasteiger partial charge in [-0.1, -0.05) is 66.8 Å². The summed E-state index contributed by atoms with van der Waals surface area (Å²) in [4.78, 5) is 26.6. The number of benzene rings is 2. The molecular weight excluding hydrogens is 384 g/mol. The van der Waals surface area contributed by atoms with Crippen molar-refractivity contribution in [1.29, 1.82) is 0 Å². The third-order valence-corrected chi connectivity index (χ3v) is 5.97. The van der Waals surface area contributed by atoms with Gasteiger partial charge < -0.3 is 10.2 Å². The number of carbonyl (C=O) groups excluding carboxylic acids is 2. The Kier molecular flexibility index (Phi) is 5.67. The van der Waals surface area contributed by atoms with Crippen LogP contribution < -0.4 is 10.2 Å². The normalized spacial score (nSPS) is 17.3. The summed E-state index contributed by atoms with van der Waals surface area (Å²) in [7, 11) is 0. The fraction of sp³-hybridized carbons (Fsp3) is 0.273. The van der Waals surface area contributed by atoms with E-state index >= 15 is 0 Å². The quantitative estimate of drug-likeness (QED) is 0.674. The molecule has 0 spiro atoms. The number of amides is 2. The van der Waals surface area contributed by atoms with Crippen molar-refractivity contribution >= 4 is 34.0 Å². The predicted molar refractivity (Wildman–Crippen MR) is 114 cm³/mol. The molecule has 29 heavy (non-hydrogen) atoms. The number of hydrogen-bond donors (Lipinski definition) is 1. The predicted octanol–water partition coefficient (Wildman–Crippen LogP) is 3.88. The van der Waals surface area contributed by atoms with E-state index in [1.807, 2.05) is 48.5 Å². The molecule has 0 bridgehead atoms. The molecule has 4 rings (SSSR count). The van der Waals surface area contributed by atoms with E-state index in [4.69, 9.17) is 0 Å². The Bertz CT molecular complexity index is 990. The van der Waals surface area contributed by atoms with E-state index in [1.165, 1.54) is 16.9 Å². The largest absolute Gasteiger partial charge is 0.312 e. The average molecular weight is 407 g/mol. The minimum absolute atomic E-state index is 0.0361. The minimum Gasteiger partial charge on any atom is -0.312 e. The number of nitrogens with zero attached hydrogens (tertiary/aromatic N) is 3. The van der Waals surface area contributed by atoms with Gasteiger partial charge in [0, 0.05) is 25.1 Å². The Balaban J connectivity index is 1.35. The van der Waals surface area contributed by atoms with Gasteiger partial charge in [0.25, 0.3) is 0 Å². The number of aromatic nitrogens is 2. The highest BCUT2D eigenvalue weighted by molar-refractivity contribution is 7.15. The fourth-order valence-corrected chi connectivity index (χ4v) is 4.37. The molecule has 3 aromatic rings. The van der Waals surface area contributed by atoms with Gasteiger partial charge in [0.2, 0.25) is 16.9 Å². The van der Waals surface area contributed by atoms with Gasteiger partial charge in [-0.25, -0.2) is 0 Å². The van der Waals surface area contributed by atoms with Crippen molar-refractivity contribution < 1.29 is 9.59 Å². The second kappa shape index (κ2) is 8.53. The topological polar surface area (TPSA) is 75.2 Å². The van der Waals surface area contributed by atoms with Crippen LogP contribution in [0.5, 0.6) is 0 Å². The molecule has 2 aromatic carbocycles. The van der Waals surface area contributed by atoms with Crippen molar-refractivity contribution in [3.05, 3.63) is 71.2 Å². The highest BCUT2D eigenvalue weighted by Gasteiger charge is 2.35. The Labute approximate surface area is 173 Å². The lowest BCUT2D eigenvalue weighted by Gasteiger charge is -2.16. The van der Waals surface area contributed by atoms with Crippen LogP contribution in [0, 0.1) is 5.92 Å². The summed E-state index contributed by atoms with van der Waals surface area (Å²) in [6.45, 7) is 2.53. The molecule has 7 heteroatoms. The van der Waals surface area contributed by atoms with Gasteiger partial charge >= 0.3 is 0 Å². The zero-order valence-electron chi connectivity index (χ0n) is 16.1. The van der Waals surface area contributed by atoms with Gasteiger partial charge in [-0.3, -0.25) is 9.59 Å². The van der Waals surface area contributed by atoms with Crippen molar-refractivity contribution in [2.75, 3.05) is 16.8 Å². The first-order valence-electron chi connectivity index (χ1n) is 9.64. The fourth-order valence-electron chi connectivity index (χ4n) is 3.50. The molecule has 0 unspecified atom stereocenters. The van der Waals surface area contributed by atoms with Crippen molar-refractivity contribution in [2.45, 2.75) is 25.7 Å². The van der Waals surface area contributed by atoms with E-state index in [9.17, 15) is 9.59 Å². The first-order chi connectivity index (χ1) is 14.1. The summed E-state index contributed by atoms with van der Waals surface area (Å²) < 4.78 is 0. The molecule has 0 radical (unpaired) electrons. The van der Waals surface area contributed by atoms with Crippen LogP contribution in [0.1, 0.15) is 29.8 Å². The molecule has 6 nitrogen and oxygen atoms in total.